The molecule has 3 aromatic rings. The number of hydrogen-bond donors (Lipinski definition) is 1. The van der Waals surface area contributed by atoms with Crippen LogP contribution in [0.3, 0.4) is 0 Å². The molecule has 1 saturated carbocycles. The molecule has 2 aromatic carbocycles. The highest BCUT2D eigenvalue weighted by Crippen LogP contribution is 2.38. The van der Waals surface area contributed by atoms with Crippen molar-refractivity contribution in [3.05, 3.63) is 70.6 Å². The second-order valence-corrected chi connectivity index (χ2v) is 6.23. The standard InChI is InChI=1S/C19H20N2O/c22-19-20-17-8-4-5-9-18(17)21(19)16-12-10-15(11-13-16)14-6-2-1-3-7-14/h1-9,15-16H,10-13H2,(H,20,22). The number of nitrogens with zero attached hydrogens (tertiary/aromatic N) is 1. The van der Waals surface area contributed by atoms with Crippen LogP contribution in [-0.4, -0.2) is 9.55 Å². The molecule has 0 radical (unpaired) electrons. The van der Waals surface area contributed by atoms with Gasteiger partial charge in [-0.15, -0.1) is 0 Å². The second kappa shape index (κ2) is 5.48. The van der Waals surface area contributed by atoms with Gasteiger partial charge in [0.2, 0.25) is 0 Å². The largest absolute Gasteiger partial charge is 0.326 e. The lowest BCUT2D eigenvalue weighted by atomic mass is 9.81. The van der Waals surface area contributed by atoms with E-state index in [9.17, 15) is 4.79 Å². The first kappa shape index (κ1) is 13.4. The van der Waals surface area contributed by atoms with Crippen LogP contribution < -0.4 is 5.69 Å². The Balaban J connectivity index is 1.58. The average Bonchev–Trinajstić information content (AvgIpc) is 2.91. The number of hydrogen-bond acceptors (Lipinski definition) is 1. The Kier molecular flexibility index (Phi) is 3.34. The Hall–Kier alpha value is -2.29. The fourth-order valence-electron chi connectivity index (χ4n) is 3.83. The van der Waals surface area contributed by atoms with Gasteiger partial charge >= 0.3 is 5.69 Å². The Labute approximate surface area is 129 Å². The Morgan fingerprint density at radius 3 is 2.32 bits per heavy atom. The number of fused-ring (bicyclic) bond motifs is 1. The van der Waals surface area contributed by atoms with Crippen molar-refractivity contribution in [2.75, 3.05) is 0 Å². The zero-order chi connectivity index (χ0) is 14.9. The van der Waals surface area contributed by atoms with Crippen LogP contribution in [0.1, 0.15) is 43.2 Å². The van der Waals surface area contributed by atoms with Crippen LogP contribution in [0.4, 0.5) is 0 Å². The maximum absolute atomic E-state index is 12.3. The van der Waals surface area contributed by atoms with Gasteiger partial charge in [-0.2, -0.15) is 0 Å². The first-order valence-corrected chi connectivity index (χ1v) is 8.07. The third-order valence-electron chi connectivity index (χ3n) is 4.96. The van der Waals surface area contributed by atoms with E-state index in [1.54, 1.807) is 0 Å². The number of aromatic amines is 1. The third kappa shape index (κ3) is 2.27. The summed E-state index contributed by atoms with van der Waals surface area (Å²) in [4.78, 5) is 15.3. The van der Waals surface area contributed by atoms with Gasteiger partial charge in [0.25, 0.3) is 0 Å². The highest BCUT2D eigenvalue weighted by atomic mass is 16.1. The number of benzene rings is 2. The van der Waals surface area contributed by atoms with E-state index in [4.69, 9.17) is 0 Å². The van der Waals surface area contributed by atoms with E-state index in [-0.39, 0.29) is 5.69 Å². The second-order valence-electron chi connectivity index (χ2n) is 6.23. The van der Waals surface area contributed by atoms with Gasteiger partial charge in [0.1, 0.15) is 0 Å². The molecule has 3 heteroatoms. The Morgan fingerprint density at radius 1 is 0.864 bits per heavy atom. The van der Waals surface area contributed by atoms with Crippen molar-refractivity contribution in [2.24, 2.45) is 0 Å². The van der Waals surface area contributed by atoms with Crippen LogP contribution in [-0.2, 0) is 0 Å². The van der Waals surface area contributed by atoms with Crippen LogP contribution in [0.25, 0.3) is 11.0 Å². The summed E-state index contributed by atoms with van der Waals surface area (Å²) in [6.07, 6.45) is 4.45. The monoisotopic (exact) mass is 292 g/mol. The first-order chi connectivity index (χ1) is 10.8. The summed E-state index contributed by atoms with van der Waals surface area (Å²) in [5.41, 5.74) is 3.45. The zero-order valence-corrected chi connectivity index (χ0v) is 12.5. The minimum Gasteiger partial charge on any atom is -0.306 e. The van der Waals surface area contributed by atoms with Gasteiger partial charge in [0, 0.05) is 6.04 Å². The minimum atomic E-state index is 0.0318. The van der Waals surface area contributed by atoms with Crippen molar-refractivity contribution < 1.29 is 0 Å². The van der Waals surface area contributed by atoms with Crippen LogP contribution >= 0.6 is 0 Å². The Morgan fingerprint density at radius 2 is 1.55 bits per heavy atom. The summed E-state index contributed by atoms with van der Waals surface area (Å²) in [5, 5.41) is 0. The van der Waals surface area contributed by atoms with Gasteiger partial charge in [-0.25, -0.2) is 4.79 Å². The smallest absolute Gasteiger partial charge is 0.306 e. The van der Waals surface area contributed by atoms with Crippen LogP contribution in [0.2, 0.25) is 0 Å². The molecule has 0 atom stereocenters. The quantitative estimate of drug-likeness (QED) is 0.754. The summed E-state index contributed by atoms with van der Waals surface area (Å²) in [6, 6.07) is 19.1. The van der Waals surface area contributed by atoms with Crippen molar-refractivity contribution in [1.29, 1.82) is 0 Å². The highest BCUT2D eigenvalue weighted by Gasteiger charge is 2.25. The van der Waals surface area contributed by atoms with E-state index in [0.717, 1.165) is 36.7 Å². The average molecular weight is 292 g/mol. The van der Waals surface area contributed by atoms with E-state index in [1.165, 1.54) is 5.56 Å². The first-order valence-electron chi connectivity index (χ1n) is 8.07. The van der Waals surface area contributed by atoms with Gasteiger partial charge in [-0.1, -0.05) is 42.5 Å². The minimum absolute atomic E-state index is 0.0318. The lowest BCUT2D eigenvalue weighted by Crippen LogP contribution is -2.25. The van der Waals surface area contributed by atoms with Gasteiger partial charge in [-0.3, -0.25) is 4.57 Å². The van der Waals surface area contributed by atoms with E-state index >= 15 is 0 Å². The number of H-pyrrole nitrogens is 1. The van der Waals surface area contributed by atoms with E-state index in [0.29, 0.717) is 12.0 Å². The SMILES string of the molecule is O=c1[nH]c2ccccc2n1C1CCC(c2ccccc2)CC1. The number of imidazole rings is 1. The number of rotatable bonds is 2. The molecule has 1 heterocycles. The predicted molar refractivity (Wildman–Crippen MR) is 89.2 cm³/mol. The summed E-state index contributed by atoms with van der Waals surface area (Å²) < 4.78 is 1.97. The molecular weight excluding hydrogens is 272 g/mol. The molecule has 0 aliphatic heterocycles. The molecule has 1 fully saturated rings. The molecule has 1 aliphatic rings. The summed E-state index contributed by atoms with van der Waals surface area (Å²) in [7, 11) is 0. The molecular formula is C19H20N2O. The summed E-state index contributed by atoms with van der Waals surface area (Å²) in [6.45, 7) is 0. The molecule has 1 aromatic heterocycles. The number of aromatic nitrogens is 2. The molecule has 1 N–H and O–H groups in total. The topological polar surface area (TPSA) is 37.8 Å². The van der Waals surface area contributed by atoms with E-state index in [2.05, 4.69) is 35.3 Å². The number of para-hydroxylation sites is 2. The van der Waals surface area contributed by atoms with Crippen molar-refractivity contribution in [1.82, 2.24) is 9.55 Å². The molecule has 112 valence electrons. The van der Waals surface area contributed by atoms with Gasteiger partial charge in [0.15, 0.2) is 0 Å². The molecule has 4 rings (SSSR count). The van der Waals surface area contributed by atoms with Crippen LogP contribution in [0, 0.1) is 0 Å². The van der Waals surface area contributed by atoms with Crippen LogP contribution in [0.5, 0.6) is 0 Å². The zero-order valence-electron chi connectivity index (χ0n) is 12.5. The maximum atomic E-state index is 12.3. The molecule has 0 amide bonds. The van der Waals surface area contributed by atoms with E-state index < -0.39 is 0 Å². The molecule has 1 aliphatic carbocycles. The molecule has 0 saturated heterocycles. The van der Waals surface area contributed by atoms with Crippen molar-refractivity contribution >= 4 is 11.0 Å². The normalized spacial score (nSPS) is 22.0. The molecule has 0 spiro atoms. The summed E-state index contributed by atoms with van der Waals surface area (Å²) >= 11 is 0. The van der Waals surface area contributed by atoms with Crippen molar-refractivity contribution in [3.63, 3.8) is 0 Å². The molecule has 3 nitrogen and oxygen atoms in total. The van der Waals surface area contributed by atoms with Crippen LogP contribution in [0.15, 0.2) is 59.4 Å². The fraction of sp³-hybridized carbons (Fsp3) is 0.316. The van der Waals surface area contributed by atoms with Gasteiger partial charge < -0.3 is 4.98 Å². The molecule has 0 unspecified atom stereocenters. The van der Waals surface area contributed by atoms with E-state index in [1.807, 2.05) is 28.8 Å². The lowest BCUT2D eigenvalue weighted by molar-refractivity contribution is 0.324. The maximum Gasteiger partial charge on any atom is 0.326 e. The fourth-order valence-corrected chi connectivity index (χ4v) is 3.83. The third-order valence-corrected chi connectivity index (χ3v) is 4.96. The van der Waals surface area contributed by atoms with Gasteiger partial charge in [0.05, 0.1) is 11.0 Å². The van der Waals surface area contributed by atoms with Gasteiger partial charge in [-0.05, 0) is 49.3 Å². The predicted octanol–water partition coefficient (Wildman–Crippen LogP) is 4.23. The van der Waals surface area contributed by atoms with Crippen molar-refractivity contribution in [3.8, 4) is 0 Å². The lowest BCUT2D eigenvalue weighted by Gasteiger charge is -2.29. The van der Waals surface area contributed by atoms with Crippen molar-refractivity contribution in [2.45, 2.75) is 37.6 Å². The molecule has 0 bridgehead atoms. The highest BCUT2D eigenvalue weighted by molar-refractivity contribution is 5.75. The summed E-state index contributed by atoms with van der Waals surface area (Å²) in [5.74, 6) is 0.637. The Bertz CT molecular complexity index is 823. The number of nitrogens with one attached hydrogen (secondary N) is 1. The molecule has 22 heavy (non-hydrogen) atoms.